The van der Waals surface area contributed by atoms with Gasteiger partial charge >= 0.3 is 12.1 Å². The van der Waals surface area contributed by atoms with Gasteiger partial charge in [-0.2, -0.15) is 0 Å². The molecule has 0 saturated carbocycles. The summed E-state index contributed by atoms with van der Waals surface area (Å²) in [6.45, 7) is 7.81. The summed E-state index contributed by atoms with van der Waals surface area (Å²) in [5.41, 5.74) is -0.618. The normalized spacial score (nSPS) is 12.9. The minimum atomic E-state index is -0.928. The molecule has 0 aliphatic heterocycles. The lowest BCUT2D eigenvalue weighted by Crippen LogP contribution is -2.28. The van der Waals surface area contributed by atoms with Crippen LogP contribution in [0.3, 0.4) is 0 Å². The Kier molecular flexibility index (Phi) is 4.40. The summed E-state index contributed by atoms with van der Waals surface area (Å²) in [4.78, 5) is 21.5. The maximum Gasteiger partial charge on any atom is 0.511 e. The molecule has 5 heteroatoms. The highest BCUT2D eigenvalue weighted by Gasteiger charge is 2.20. The van der Waals surface area contributed by atoms with E-state index in [0.717, 1.165) is 0 Å². The van der Waals surface area contributed by atoms with Crippen LogP contribution < -0.4 is 0 Å². The van der Waals surface area contributed by atoms with Crippen LogP contribution in [0.15, 0.2) is 0 Å². The smallest absolute Gasteiger partial charge is 0.428 e. The van der Waals surface area contributed by atoms with Gasteiger partial charge in [-0.1, -0.05) is 0 Å². The van der Waals surface area contributed by atoms with E-state index in [2.05, 4.69) is 9.47 Å². The van der Waals surface area contributed by atoms with Crippen LogP contribution in [0.1, 0.15) is 34.6 Å². The van der Waals surface area contributed by atoms with Gasteiger partial charge in [0.2, 0.25) is 6.29 Å². The maximum absolute atomic E-state index is 11.0. The molecule has 82 valence electrons. The summed E-state index contributed by atoms with van der Waals surface area (Å²) in [5, 5.41) is 0. The predicted octanol–water partition coefficient (Wildman–Crippen LogP) is 1.85. The molecule has 0 amide bonds. The molecule has 14 heavy (non-hydrogen) atoms. The molecule has 0 N–H and O–H groups in total. The number of rotatable bonds is 2. The summed E-state index contributed by atoms with van der Waals surface area (Å²) in [6, 6.07) is 0. The average Bonchev–Trinajstić information content (AvgIpc) is 1.77. The molecule has 0 aliphatic carbocycles. The van der Waals surface area contributed by atoms with Crippen LogP contribution in [0.4, 0.5) is 4.79 Å². The van der Waals surface area contributed by atoms with Gasteiger partial charge in [0.15, 0.2) is 0 Å². The molecule has 0 aromatic heterocycles. The molecule has 0 rings (SSSR count). The summed E-state index contributed by atoms with van der Waals surface area (Å²) < 4.78 is 14.0. The first-order valence-corrected chi connectivity index (χ1v) is 4.27. The van der Waals surface area contributed by atoms with Gasteiger partial charge in [-0.3, -0.25) is 4.79 Å². The molecule has 0 spiro atoms. The van der Waals surface area contributed by atoms with Crippen molar-refractivity contribution in [3.8, 4) is 0 Å². The van der Waals surface area contributed by atoms with Gasteiger partial charge in [0.25, 0.3) is 0 Å². The van der Waals surface area contributed by atoms with Gasteiger partial charge in [0.05, 0.1) is 0 Å². The first-order chi connectivity index (χ1) is 6.20. The maximum atomic E-state index is 11.0. The van der Waals surface area contributed by atoms with Gasteiger partial charge in [-0.15, -0.1) is 0 Å². The first kappa shape index (κ1) is 12.7. The second-order valence-electron chi connectivity index (χ2n) is 3.76. The first-order valence-electron chi connectivity index (χ1n) is 4.27. The number of carbonyl (C=O) groups is 2. The van der Waals surface area contributed by atoms with Gasteiger partial charge in [0, 0.05) is 13.8 Å². The largest absolute Gasteiger partial charge is 0.511 e. The lowest BCUT2D eigenvalue weighted by molar-refractivity contribution is -0.167. The molecule has 0 aliphatic rings. The zero-order chi connectivity index (χ0) is 11.4. The third-order valence-electron chi connectivity index (χ3n) is 0.984. The van der Waals surface area contributed by atoms with Crippen LogP contribution in [0.5, 0.6) is 0 Å². The van der Waals surface area contributed by atoms with E-state index in [9.17, 15) is 9.59 Å². The molecule has 0 aromatic rings. The van der Waals surface area contributed by atoms with Crippen LogP contribution in [-0.2, 0) is 19.0 Å². The predicted molar refractivity (Wildman–Crippen MR) is 48.5 cm³/mol. The molecular weight excluding hydrogens is 188 g/mol. The summed E-state index contributed by atoms with van der Waals surface area (Å²) >= 11 is 0. The van der Waals surface area contributed by atoms with Crippen LogP contribution in [-0.4, -0.2) is 24.0 Å². The number of hydrogen-bond acceptors (Lipinski definition) is 5. The van der Waals surface area contributed by atoms with Crippen LogP contribution in [0.2, 0.25) is 0 Å². The third kappa shape index (κ3) is 7.39. The molecule has 0 bridgehead atoms. The van der Waals surface area contributed by atoms with E-state index >= 15 is 0 Å². The zero-order valence-electron chi connectivity index (χ0n) is 9.12. The number of esters is 1. The SMILES string of the molecule is CC(=O)O[C@@H](C)OC(=O)OC(C)(C)C. The third-order valence-corrected chi connectivity index (χ3v) is 0.984. The van der Waals surface area contributed by atoms with Gasteiger partial charge < -0.3 is 14.2 Å². The molecule has 5 nitrogen and oxygen atoms in total. The molecule has 0 aromatic carbocycles. The average molecular weight is 204 g/mol. The Labute approximate surface area is 83.3 Å². The van der Waals surface area contributed by atoms with Crippen molar-refractivity contribution in [3.63, 3.8) is 0 Å². The number of hydrogen-bond donors (Lipinski definition) is 0. The quantitative estimate of drug-likeness (QED) is 0.507. The van der Waals surface area contributed by atoms with E-state index in [1.165, 1.54) is 13.8 Å². The fraction of sp³-hybridized carbons (Fsp3) is 0.778. The van der Waals surface area contributed by atoms with Crippen molar-refractivity contribution in [2.24, 2.45) is 0 Å². The Bertz CT molecular complexity index is 216. The van der Waals surface area contributed by atoms with Crippen molar-refractivity contribution in [3.05, 3.63) is 0 Å². The lowest BCUT2D eigenvalue weighted by atomic mass is 10.2. The van der Waals surface area contributed by atoms with Crippen LogP contribution >= 0.6 is 0 Å². The minimum Gasteiger partial charge on any atom is -0.428 e. The molecule has 0 heterocycles. The Morgan fingerprint density at radius 1 is 1.14 bits per heavy atom. The Morgan fingerprint density at radius 3 is 2.00 bits per heavy atom. The Morgan fingerprint density at radius 2 is 1.64 bits per heavy atom. The molecule has 0 saturated heterocycles. The van der Waals surface area contributed by atoms with Crippen molar-refractivity contribution >= 4 is 12.1 Å². The molecule has 1 atom stereocenters. The van der Waals surface area contributed by atoms with E-state index < -0.39 is 24.0 Å². The van der Waals surface area contributed by atoms with E-state index in [-0.39, 0.29) is 0 Å². The van der Waals surface area contributed by atoms with Crippen molar-refractivity contribution in [2.75, 3.05) is 0 Å². The minimum absolute atomic E-state index is 0.513. The van der Waals surface area contributed by atoms with Gasteiger partial charge in [-0.05, 0) is 20.8 Å². The standard InChI is InChI=1S/C9H16O5/c1-6(10)12-7(2)13-8(11)14-9(3,4)5/h7H,1-5H3/t7-/m1/s1. The monoisotopic (exact) mass is 204 g/mol. The molecule has 0 radical (unpaired) electrons. The Balaban J connectivity index is 3.89. The second kappa shape index (κ2) is 4.83. The highest BCUT2D eigenvalue weighted by molar-refractivity contribution is 5.66. The van der Waals surface area contributed by atoms with Gasteiger partial charge in [-0.25, -0.2) is 4.79 Å². The number of carbonyl (C=O) groups excluding carboxylic acids is 2. The van der Waals surface area contributed by atoms with E-state index in [0.29, 0.717) is 0 Å². The summed E-state index contributed by atoms with van der Waals surface area (Å²) in [7, 11) is 0. The van der Waals surface area contributed by atoms with Crippen molar-refractivity contribution in [1.29, 1.82) is 0 Å². The zero-order valence-corrected chi connectivity index (χ0v) is 9.12. The molecule has 0 fully saturated rings. The highest BCUT2D eigenvalue weighted by Crippen LogP contribution is 2.09. The van der Waals surface area contributed by atoms with Crippen molar-refractivity contribution < 1.29 is 23.8 Å². The fourth-order valence-corrected chi connectivity index (χ4v) is 0.667. The van der Waals surface area contributed by atoms with E-state index in [1.807, 2.05) is 0 Å². The van der Waals surface area contributed by atoms with Crippen LogP contribution in [0.25, 0.3) is 0 Å². The van der Waals surface area contributed by atoms with Gasteiger partial charge in [0.1, 0.15) is 5.60 Å². The topological polar surface area (TPSA) is 61.8 Å². The Hall–Kier alpha value is -1.26. The van der Waals surface area contributed by atoms with Crippen molar-refractivity contribution in [1.82, 2.24) is 0 Å². The second-order valence-corrected chi connectivity index (χ2v) is 3.76. The lowest BCUT2D eigenvalue weighted by Gasteiger charge is -2.20. The van der Waals surface area contributed by atoms with E-state index in [1.54, 1.807) is 20.8 Å². The highest BCUT2D eigenvalue weighted by atomic mass is 16.8. The summed E-state index contributed by atoms with van der Waals surface area (Å²) in [5.74, 6) is -0.513. The number of ether oxygens (including phenoxy) is 3. The summed E-state index contributed by atoms with van der Waals surface area (Å²) in [6.07, 6.45) is -1.78. The van der Waals surface area contributed by atoms with Crippen LogP contribution in [0, 0.1) is 0 Å². The molecule has 0 unspecified atom stereocenters. The van der Waals surface area contributed by atoms with Crippen molar-refractivity contribution in [2.45, 2.75) is 46.5 Å². The fourth-order valence-electron chi connectivity index (χ4n) is 0.667. The van der Waals surface area contributed by atoms with E-state index in [4.69, 9.17) is 4.74 Å². The molecular formula is C9H16O5.